The van der Waals surface area contributed by atoms with Gasteiger partial charge in [0.05, 0.1) is 6.10 Å². The maximum Gasteiger partial charge on any atom is 0.133 e. The molecule has 0 fully saturated rings. The predicted molar refractivity (Wildman–Crippen MR) is 85.4 cm³/mol. The van der Waals surface area contributed by atoms with Crippen LogP contribution in [0.5, 0.6) is 11.5 Å². The van der Waals surface area contributed by atoms with Gasteiger partial charge in [-0.2, -0.15) is 0 Å². The lowest BCUT2D eigenvalue weighted by atomic mass is 10.0. The molecule has 2 rings (SSSR count). The molecular weight excluding hydrogens is 316 g/mol. The summed E-state index contributed by atoms with van der Waals surface area (Å²) in [6.45, 7) is 6.01. The molecule has 3 heteroatoms. The van der Waals surface area contributed by atoms with Gasteiger partial charge >= 0.3 is 0 Å². The molecule has 2 aromatic rings. The van der Waals surface area contributed by atoms with E-state index in [1.165, 1.54) is 0 Å². The molecule has 0 aliphatic heterocycles. The van der Waals surface area contributed by atoms with Crippen LogP contribution in [0.25, 0.3) is 0 Å². The highest BCUT2D eigenvalue weighted by Crippen LogP contribution is 2.35. The molecule has 0 heterocycles. The highest BCUT2D eigenvalue weighted by atomic mass is 79.9. The van der Waals surface area contributed by atoms with Gasteiger partial charge in [-0.3, -0.25) is 0 Å². The average Bonchev–Trinajstić information content (AvgIpc) is 2.41. The van der Waals surface area contributed by atoms with E-state index in [0.29, 0.717) is 11.7 Å². The third-order valence-corrected chi connectivity index (χ3v) is 3.68. The highest BCUT2D eigenvalue weighted by molar-refractivity contribution is 9.10. The van der Waals surface area contributed by atoms with E-state index in [-0.39, 0.29) is 0 Å². The van der Waals surface area contributed by atoms with Crippen LogP contribution >= 0.6 is 15.9 Å². The summed E-state index contributed by atoms with van der Waals surface area (Å²) in [5.41, 5.74) is 1.94. The first-order valence-corrected chi connectivity index (χ1v) is 7.52. The van der Waals surface area contributed by atoms with Gasteiger partial charge in [-0.15, -0.1) is 0 Å². The Bertz CT molecular complexity index is 591. The van der Waals surface area contributed by atoms with Crippen molar-refractivity contribution in [3.8, 4) is 11.5 Å². The fraction of sp³-hybridized carbons (Fsp3) is 0.294. The Morgan fingerprint density at radius 3 is 2.25 bits per heavy atom. The zero-order valence-corrected chi connectivity index (χ0v) is 13.5. The van der Waals surface area contributed by atoms with Crippen molar-refractivity contribution in [3.05, 3.63) is 58.1 Å². The van der Waals surface area contributed by atoms with Gasteiger partial charge < -0.3 is 9.84 Å². The minimum absolute atomic E-state index is 0.362. The molecule has 20 heavy (non-hydrogen) atoms. The molecule has 0 radical (unpaired) electrons. The summed E-state index contributed by atoms with van der Waals surface area (Å²) < 4.78 is 7.08. The van der Waals surface area contributed by atoms with E-state index >= 15 is 0 Å². The number of ether oxygens (including phenoxy) is 1. The minimum Gasteiger partial charge on any atom is -0.457 e. The van der Waals surface area contributed by atoms with Crippen LogP contribution in [-0.2, 0) is 0 Å². The van der Waals surface area contributed by atoms with Gasteiger partial charge in [0.25, 0.3) is 0 Å². The quantitative estimate of drug-likeness (QED) is 0.809. The van der Waals surface area contributed by atoms with Gasteiger partial charge in [-0.25, -0.2) is 0 Å². The summed E-state index contributed by atoms with van der Waals surface area (Å²) in [5, 5.41) is 9.82. The molecule has 0 bridgehead atoms. The highest BCUT2D eigenvalue weighted by Gasteiger charge is 2.13. The van der Waals surface area contributed by atoms with Crippen LogP contribution in [-0.4, -0.2) is 5.11 Å². The Morgan fingerprint density at radius 1 is 0.950 bits per heavy atom. The van der Waals surface area contributed by atoms with Crippen molar-refractivity contribution in [3.63, 3.8) is 0 Å². The van der Waals surface area contributed by atoms with Gasteiger partial charge in [-0.1, -0.05) is 48.0 Å². The largest absolute Gasteiger partial charge is 0.457 e. The summed E-state index contributed by atoms with van der Waals surface area (Å²) in [7, 11) is 0. The molecule has 0 aliphatic rings. The van der Waals surface area contributed by atoms with E-state index in [2.05, 4.69) is 35.8 Å². The maximum atomic E-state index is 9.82. The lowest BCUT2D eigenvalue weighted by Gasteiger charge is -2.17. The minimum atomic E-state index is -0.552. The first-order valence-electron chi connectivity index (χ1n) is 6.73. The van der Waals surface area contributed by atoms with Gasteiger partial charge in [0.2, 0.25) is 0 Å². The Kier molecular flexibility index (Phi) is 4.84. The third kappa shape index (κ3) is 3.41. The van der Waals surface area contributed by atoms with Gasteiger partial charge in [0, 0.05) is 10.0 Å². The second kappa shape index (κ2) is 6.42. The van der Waals surface area contributed by atoms with E-state index in [9.17, 15) is 5.11 Å². The van der Waals surface area contributed by atoms with Crippen LogP contribution in [0.4, 0.5) is 0 Å². The van der Waals surface area contributed by atoms with Gasteiger partial charge in [-0.05, 0) is 42.7 Å². The van der Waals surface area contributed by atoms with Crippen LogP contribution in [0.1, 0.15) is 43.9 Å². The molecule has 0 aromatic heterocycles. The maximum absolute atomic E-state index is 9.82. The van der Waals surface area contributed by atoms with Crippen molar-refractivity contribution in [2.75, 3.05) is 0 Å². The smallest absolute Gasteiger partial charge is 0.133 e. The zero-order valence-electron chi connectivity index (χ0n) is 11.9. The SMILES string of the molecule is CC(C)c1cc(Br)ccc1Oc1ccccc1C(C)O. The first-order chi connectivity index (χ1) is 9.49. The average molecular weight is 335 g/mol. The van der Waals surface area contributed by atoms with Gasteiger partial charge in [0.15, 0.2) is 0 Å². The summed E-state index contributed by atoms with van der Waals surface area (Å²) in [5.74, 6) is 1.89. The first kappa shape index (κ1) is 15.1. The summed E-state index contributed by atoms with van der Waals surface area (Å²) in [6, 6.07) is 13.6. The Hall–Kier alpha value is -1.32. The number of benzene rings is 2. The summed E-state index contributed by atoms with van der Waals surface area (Å²) >= 11 is 3.49. The molecule has 0 aliphatic carbocycles. The molecular formula is C17H19BrO2. The second-order valence-corrected chi connectivity index (χ2v) is 6.07. The molecule has 0 amide bonds. The van der Waals surface area contributed by atoms with Crippen LogP contribution in [0.3, 0.4) is 0 Å². The van der Waals surface area contributed by atoms with Crippen molar-refractivity contribution >= 4 is 15.9 Å². The van der Waals surface area contributed by atoms with Crippen molar-refractivity contribution in [1.29, 1.82) is 0 Å². The van der Waals surface area contributed by atoms with E-state index in [4.69, 9.17) is 4.74 Å². The number of aliphatic hydroxyl groups is 1. The van der Waals surface area contributed by atoms with Crippen molar-refractivity contribution < 1.29 is 9.84 Å². The monoisotopic (exact) mass is 334 g/mol. The van der Waals surface area contributed by atoms with E-state index < -0.39 is 6.10 Å². The van der Waals surface area contributed by atoms with E-state index in [1.807, 2.05) is 36.4 Å². The van der Waals surface area contributed by atoms with Crippen molar-refractivity contribution in [1.82, 2.24) is 0 Å². The topological polar surface area (TPSA) is 29.5 Å². The molecule has 106 valence electrons. The number of halogens is 1. The lowest BCUT2D eigenvalue weighted by molar-refractivity contribution is 0.195. The zero-order chi connectivity index (χ0) is 14.7. The fourth-order valence-electron chi connectivity index (χ4n) is 2.10. The van der Waals surface area contributed by atoms with E-state index in [1.54, 1.807) is 6.92 Å². The number of hydrogen-bond acceptors (Lipinski definition) is 2. The Morgan fingerprint density at radius 2 is 1.60 bits per heavy atom. The normalized spacial score (nSPS) is 12.5. The molecule has 1 atom stereocenters. The summed E-state index contributed by atoms with van der Waals surface area (Å²) in [4.78, 5) is 0. The Balaban J connectivity index is 2.40. The van der Waals surface area contributed by atoms with Crippen LogP contribution in [0.2, 0.25) is 0 Å². The molecule has 1 unspecified atom stereocenters. The summed E-state index contributed by atoms with van der Waals surface area (Å²) in [6.07, 6.45) is -0.552. The molecule has 0 saturated carbocycles. The number of aliphatic hydroxyl groups excluding tert-OH is 1. The molecule has 2 aromatic carbocycles. The van der Waals surface area contributed by atoms with Crippen molar-refractivity contribution in [2.24, 2.45) is 0 Å². The lowest BCUT2D eigenvalue weighted by Crippen LogP contribution is -1.98. The molecule has 2 nitrogen and oxygen atoms in total. The second-order valence-electron chi connectivity index (χ2n) is 5.15. The third-order valence-electron chi connectivity index (χ3n) is 3.18. The van der Waals surface area contributed by atoms with Gasteiger partial charge in [0.1, 0.15) is 11.5 Å². The molecule has 0 spiro atoms. The Labute approximate surface area is 128 Å². The van der Waals surface area contributed by atoms with Crippen LogP contribution < -0.4 is 4.74 Å². The number of para-hydroxylation sites is 1. The van der Waals surface area contributed by atoms with Crippen LogP contribution in [0.15, 0.2) is 46.9 Å². The fourth-order valence-corrected chi connectivity index (χ4v) is 2.48. The molecule has 1 N–H and O–H groups in total. The number of hydrogen-bond donors (Lipinski definition) is 1. The predicted octanol–water partition coefficient (Wildman–Crippen LogP) is 5.42. The number of rotatable bonds is 4. The van der Waals surface area contributed by atoms with Crippen molar-refractivity contribution in [2.45, 2.75) is 32.8 Å². The van der Waals surface area contributed by atoms with Crippen LogP contribution in [0, 0.1) is 0 Å². The molecule has 0 saturated heterocycles. The standard InChI is InChI=1S/C17H19BrO2/c1-11(2)15-10-13(18)8-9-17(15)20-16-7-5-4-6-14(16)12(3)19/h4-12,19H,1-3H3. The van der Waals surface area contributed by atoms with E-state index in [0.717, 1.165) is 21.3 Å².